The summed E-state index contributed by atoms with van der Waals surface area (Å²) in [7, 11) is 0. The highest BCUT2D eigenvalue weighted by Gasteiger charge is 2.32. The van der Waals surface area contributed by atoms with Crippen LogP contribution in [0.25, 0.3) is 0 Å². The van der Waals surface area contributed by atoms with Crippen molar-refractivity contribution in [1.29, 1.82) is 0 Å². The monoisotopic (exact) mass is 224 g/mol. The highest BCUT2D eigenvalue weighted by atomic mass is 16.3. The molecule has 1 fully saturated rings. The predicted molar refractivity (Wildman–Crippen MR) is 62.9 cm³/mol. The summed E-state index contributed by atoms with van der Waals surface area (Å²) in [6, 6.07) is 0. The van der Waals surface area contributed by atoms with Gasteiger partial charge < -0.3 is 10.2 Å². The molecule has 1 aliphatic rings. The molecule has 90 valence electrons. The van der Waals surface area contributed by atoms with E-state index in [0.29, 0.717) is 12.8 Å². The topological polar surface area (TPSA) is 57.5 Å². The SMILES string of the molecule is CCC/C=C/C=C/[C@H]1CC(=O)[C@H](O)[C@H](O)C1. The number of carbonyl (C=O) groups excluding carboxylic acids is 1. The molecule has 0 aromatic heterocycles. The molecule has 3 atom stereocenters. The summed E-state index contributed by atoms with van der Waals surface area (Å²) < 4.78 is 0. The van der Waals surface area contributed by atoms with Crippen molar-refractivity contribution < 1.29 is 15.0 Å². The standard InChI is InChI=1S/C13H20O3/c1-2-3-4-5-6-7-10-8-11(14)13(16)12(15)9-10/h4-7,10-11,13-14,16H,2-3,8-9H2,1H3/b5-4+,7-6+/t10-,11-,13-/m1/s1. The number of carbonyl (C=O) groups is 1. The van der Waals surface area contributed by atoms with Crippen molar-refractivity contribution in [3.63, 3.8) is 0 Å². The Labute approximate surface area is 96.5 Å². The van der Waals surface area contributed by atoms with Crippen molar-refractivity contribution >= 4 is 5.78 Å². The molecule has 0 spiro atoms. The van der Waals surface area contributed by atoms with Crippen LogP contribution in [0.15, 0.2) is 24.3 Å². The lowest BCUT2D eigenvalue weighted by atomic mass is 9.84. The van der Waals surface area contributed by atoms with Gasteiger partial charge in [-0.25, -0.2) is 0 Å². The molecule has 0 saturated heterocycles. The fraction of sp³-hybridized carbons (Fsp3) is 0.615. The molecule has 1 aliphatic carbocycles. The van der Waals surface area contributed by atoms with Crippen molar-refractivity contribution in [3.8, 4) is 0 Å². The van der Waals surface area contributed by atoms with E-state index >= 15 is 0 Å². The highest BCUT2D eigenvalue weighted by molar-refractivity contribution is 5.84. The van der Waals surface area contributed by atoms with Gasteiger partial charge in [-0.1, -0.05) is 37.6 Å². The van der Waals surface area contributed by atoms with Gasteiger partial charge in [0.1, 0.15) is 6.10 Å². The molecule has 0 aromatic carbocycles. The van der Waals surface area contributed by atoms with Crippen molar-refractivity contribution in [2.45, 2.75) is 44.8 Å². The molecule has 2 N–H and O–H groups in total. The molecular weight excluding hydrogens is 204 g/mol. The first kappa shape index (κ1) is 13.1. The summed E-state index contributed by atoms with van der Waals surface area (Å²) in [6.07, 6.45) is 8.76. The average molecular weight is 224 g/mol. The average Bonchev–Trinajstić information content (AvgIpc) is 2.25. The van der Waals surface area contributed by atoms with Gasteiger partial charge >= 0.3 is 0 Å². The van der Waals surface area contributed by atoms with Crippen LogP contribution >= 0.6 is 0 Å². The summed E-state index contributed by atoms with van der Waals surface area (Å²) in [5.41, 5.74) is 0. The predicted octanol–water partition coefficient (Wildman–Crippen LogP) is 1.60. The molecule has 0 radical (unpaired) electrons. The minimum atomic E-state index is -1.18. The Bertz CT molecular complexity index is 281. The van der Waals surface area contributed by atoms with E-state index in [2.05, 4.69) is 13.0 Å². The Hall–Kier alpha value is -0.930. The normalized spacial score (nSPS) is 31.7. The molecule has 1 saturated carbocycles. The summed E-state index contributed by atoms with van der Waals surface area (Å²) in [4.78, 5) is 11.3. The van der Waals surface area contributed by atoms with E-state index in [4.69, 9.17) is 0 Å². The highest BCUT2D eigenvalue weighted by Crippen LogP contribution is 2.23. The maximum Gasteiger partial charge on any atom is 0.164 e. The van der Waals surface area contributed by atoms with Crippen LogP contribution in [0.4, 0.5) is 0 Å². The molecule has 0 heterocycles. The first-order valence-electron chi connectivity index (χ1n) is 5.87. The van der Waals surface area contributed by atoms with E-state index in [1.165, 1.54) is 0 Å². The molecule has 0 bridgehead atoms. The van der Waals surface area contributed by atoms with Gasteiger partial charge in [-0.15, -0.1) is 0 Å². The number of aliphatic hydroxyl groups excluding tert-OH is 2. The van der Waals surface area contributed by atoms with Crippen LogP contribution in [-0.4, -0.2) is 28.2 Å². The molecular formula is C13H20O3. The van der Waals surface area contributed by atoms with Crippen molar-refractivity contribution in [2.75, 3.05) is 0 Å². The van der Waals surface area contributed by atoms with Gasteiger partial charge in [-0.05, 0) is 18.8 Å². The van der Waals surface area contributed by atoms with Gasteiger partial charge in [0.2, 0.25) is 0 Å². The van der Waals surface area contributed by atoms with Crippen LogP contribution < -0.4 is 0 Å². The Kier molecular flexibility index (Phi) is 5.43. The third-order valence-corrected chi connectivity index (χ3v) is 2.79. The number of hydrogen-bond acceptors (Lipinski definition) is 3. The summed E-state index contributed by atoms with van der Waals surface area (Å²) in [5, 5.41) is 18.7. The second kappa shape index (κ2) is 6.61. The second-order valence-electron chi connectivity index (χ2n) is 4.28. The molecule has 0 aromatic rings. The van der Waals surface area contributed by atoms with E-state index in [9.17, 15) is 15.0 Å². The zero-order valence-electron chi connectivity index (χ0n) is 9.67. The van der Waals surface area contributed by atoms with Crippen LogP contribution in [0.5, 0.6) is 0 Å². The summed E-state index contributed by atoms with van der Waals surface area (Å²) in [5.74, 6) is -0.205. The number of allylic oxidation sites excluding steroid dienone is 4. The minimum absolute atomic E-state index is 0.0529. The molecule has 16 heavy (non-hydrogen) atoms. The molecule has 0 amide bonds. The second-order valence-corrected chi connectivity index (χ2v) is 4.28. The fourth-order valence-electron chi connectivity index (χ4n) is 1.83. The zero-order valence-corrected chi connectivity index (χ0v) is 9.67. The molecule has 0 aliphatic heterocycles. The van der Waals surface area contributed by atoms with Crippen LogP contribution in [0.2, 0.25) is 0 Å². The third kappa shape index (κ3) is 3.91. The summed E-state index contributed by atoms with van der Waals surface area (Å²) >= 11 is 0. The summed E-state index contributed by atoms with van der Waals surface area (Å²) in [6.45, 7) is 2.12. The Morgan fingerprint density at radius 3 is 2.75 bits per heavy atom. The first-order valence-corrected chi connectivity index (χ1v) is 5.87. The van der Waals surface area contributed by atoms with Gasteiger partial charge in [-0.2, -0.15) is 0 Å². The molecule has 3 nitrogen and oxygen atoms in total. The van der Waals surface area contributed by atoms with E-state index < -0.39 is 12.2 Å². The van der Waals surface area contributed by atoms with Gasteiger partial charge in [0.05, 0.1) is 6.10 Å². The van der Waals surface area contributed by atoms with E-state index in [-0.39, 0.29) is 11.7 Å². The first-order chi connectivity index (χ1) is 7.65. The number of hydrogen-bond donors (Lipinski definition) is 2. The van der Waals surface area contributed by atoms with E-state index in [1.807, 2.05) is 18.2 Å². The zero-order chi connectivity index (χ0) is 12.0. The number of rotatable bonds is 4. The van der Waals surface area contributed by atoms with Crippen molar-refractivity contribution in [1.82, 2.24) is 0 Å². The molecule has 3 heteroatoms. The van der Waals surface area contributed by atoms with Crippen molar-refractivity contribution in [3.05, 3.63) is 24.3 Å². The number of ketones is 1. The fourth-order valence-corrected chi connectivity index (χ4v) is 1.83. The van der Waals surface area contributed by atoms with E-state index in [1.54, 1.807) is 0 Å². The third-order valence-electron chi connectivity index (χ3n) is 2.79. The van der Waals surface area contributed by atoms with Crippen LogP contribution in [0.3, 0.4) is 0 Å². The lowest BCUT2D eigenvalue weighted by molar-refractivity contribution is -0.138. The van der Waals surface area contributed by atoms with Crippen LogP contribution in [-0.2, 0) is 4.79 Å². The van der Waals surface area contributed by atoms with Gasteiger partial charge in [-0.3, -0.25) is 4.79 Å². The number of aliphatic hydroxyl groups is 2. The Balaban J connectivity index is 2.41. The molecule has 1 rings (SSSR count). The lowest BCUT2D eigenvalue weighted by Gasteiger charge is -2.26. The van der Waals surface area contributed by atoms with E-state index in [0.717, 1.165) is 12.8 Å². The Morgan fingerprint density at radius 1 is 1.38 bits per heavy atom. The maximum atomic E-state index is 11.3. The minimum Gasteiger partial charge on any atom is -0.390 e. The lowest BCUT2D eigenvalue weighted by Crippen LogP contribution is -2.40. The van der Waals surface area contributed by atoms with Gasteiger partial charge in [0.15, 0.2) is 5.78 Å². The Morgan fingerprint density at radius 2 is 2.12 bits per heavy atom. The smallest absolute Gasteiger partial charge is 0.164 e. The van der Waals surface area contributed by atoms with Crippen molar-refractivity contribution in [2.24, 2.45) is 5.92 Å². The number of Topliss-reactive ketones (excluding diaryl/α,β-unsaturated/α-hetero) is 1. The number of unbranched alkanes of at least 4 members (excludes halogenated alkanes) is 1. The molecule has 0 unspecified atom stereocenters. The van der Waals surface area contributed by atoms with Crippen LogP contribution in [0.1, 0.15) is 32.6 Å². The van der Waals surface area contributed by atoms with Crippen LogP contribution in [0, 0.1) is 5.92 Å². The largest absolute Gasteiger partial charge is 0.390 e. The quantitative estimate of drug-likeness (QED) is 0.713. The maximum absolute atomic E-state index is 11.3. The van der Waals surface area contributed by atoms with Gasteiger partial charge in [0, 0.05) is 6.42 Å². The van der Waals surface area contributed by atoms with Gasteiger partial charge in [0.25, 0.3) is 0 Å².